The molecule has 0 heterocycles. The quantitative estimate of drug-likeness (QED) is 0.0762. The lowest BCUT2D eigenvalue weighted by molar-refractivity contribution is 0.642. The summed E-state index contributed by atoms with van der Waals surface area (Å²) in [5.41, 5.74) is 0. The van der Waals surface area contributed by atoms with Crippen LogP contribution in [0.15, 0.2) is 103 Å². The van der Waals surface area contributed by atoms with Crippen LogP contribution in [0.4, 0.5) is 0 Å². The highest BCUT2D eigenvalue weighted by Gasteiger charge is 2.43. The summed E-state index contributed by atoms with van der Waals surface area (Å²) in [6.45, 7) is 0. The predicted octanol–water partition coefficient (Wildman–Crippen LogP) is 7.31. The van der Waals surface area contributed by atoms with Gasteiger partial charge in [0.25, 0.3) is 0 Å². The maximum atomic E-state index is 2.48. The van der Waals surface area contributed by atoms with Gasteiger partial charge < -0.3 is 0 Å². The van der Waals surface area contributed by atoms with Crippen LogP contribution in [-0.4, -0.2) is 10.6 Å². The first kappa shape index (κ1) is 23.2. The molecule has 0 aliphatic rings. The van der Waals surface area contributed by atoms with Gasteiger partial charge in [-0.25, -0.2) is 0 Å². The summed E-state index contributed by atoms with van der Waals surface area (Å²) in [7, 11) is -1.71. The molecule has 3 rings (SSSR count). The number of alkyl halides is 1. The highest BCUT2D eigenvalue weighted by Crippen LogP contribution is 2.55. The Hall–Kier alpha value is -1.44. The normalized spacial score (nSPS) is 11.8. The average molecular weight is 527 g/mol. The lowest BCUT2D eigenvalue weighted by Crippen LogP contribution is -2.32. The molecular weight excluding hydrogens is 494 g/mol. The predicted molar refractivity (Wildman–Crippen MR) is 146 cm³/mol. The summed E-state index contributed by atoms with van der Waals surface area (Å²) in [6.07, 6.45) is 14.0. The molecule has 0 radical (unpaired) electrons. The summed E-state index contributed by atoms with van der Waals surface area (Å²) in [6, 6.07) is 33.5. The molecule has 2 heteroatoms. The number of benzene rings is 3. The Bertz CT molecular complexity index is 762. The van der Waals surface area contributed by atoms with E-state index < -0.39 is 7.26 Å². The van der Waals surface area contributed by atoms with Crippen LogP contribution in [0.2, 0.25) is 0 Å². The molecule has 0 saturated carbocycles. The molecular formula is C28H33IP+. The van der Waals surface area contributed by atoms with Crippen molar-refractivity contribution < 1.29 is 0 Å². The van der Waals surface area contributed by atoms with Crippen molar-refractivity contribution in [2.24, 2.45) is 0 Å². The fourth-order valence-corrected chi connectivity index (χ4v) is 8.62. The van der Waals surface area contributed by atoms with Gasteiger partial charge in [0.2, 0.25) is 0 Å². The summed E-state index contributed by atoms with van der Waals surface area (Å²) in [5.74, 6) is 0. The van der Waals surface area contributed by atoms with E-state index >= 15 is 0 Å². The first-order valence-corrected chi connectivity index (χ1v) is 14.6. The van der Waals surface area contributed by atoms with Crippen molar-refractivity contribution in [3.8, 4) is 0 Å². The second-order valence-corrected chi connectivity index (χ2v) is 12.3. The molecule has 0 atom stereocenters. The molecule has 0 spiro atoms. The minimum Gasteiger partial charge on any atom is -0.0864 e. The summed E-state index contributed by atoms with van der Waals surface area (Å²) in [4.78, 5) is 0. The molecule has 3 aromatic rings. The maximum Gasteiger partial charge on any atom is 0.115 e. The largest absolute Gasteiger partial charge is 0.115 e. The van der Waals surface area contributed by atoms with Crippen molar-refractivity contribution in [2.45, 2.75) is 38.5 Å². The van der Waals surface area contributed by atoms with Gasteiger partial charge in [-0.2, -0.15) is 0 Å². The minimum absolute atomic E-state index is 1.08. The lowest BCUT2D eigenvalue weighted by atomic mass is 10.1. The summed E-state index contributed by atoms with van der Waals surface area (Å²) >= 11 is 2.48. The van der Waals surface area contributed by atoms with E-state index in [9.17, 15) is 0 Å². The number of hydrogen-bond donors (Lipinski definition) is 0. The van der Waals surface area contributed by atoms with Gasteiger partial charge in [0.15, 0.2) is 0 Å². The highest BCUT2D eigenvalue weighted by molar-refractivity contribution is 14.1. The Kier molecular flexibility index (Phi) is 10.1. The minimum atomic E-state index is -1.71. The highest BCUT2D eigenvalue weighted by atomic mass is 127. The molecule has 0 fully saturated rings. The van der Waals surface area contributed by atoms with Gasteiger partial charge in [-0.1, -0.05) is 109 Å². The average Bonchev–Trinajstić information content (AvgIpc) is 2.82. The van der Waals surface area contributed by atoms with Crippen molar-refractivity contribution in [1.82, 2.24) is 0 Å². The summed E-state index contributed by atoms with van der Waals surface area (Å²) < 4.78 is 1.29. The van der Waals surface area contributed by atoms with Gasteiger partial charge in [0, 0.05) is 0 Å². The Morgan fingerprint density at radius 1 is 0.533 bits per heavy atom. The number of halogens is 1. The Labute approximate surface area is 197 Å². The van der Waals surface area contributed by atoms with Gasteiger partial charge in [-0.3, -0.25) is 0 Å². The first-order valence-electron chi connectivity index (χ1n) is 11.1. The molecule has 0 aliphatic carbocycles. The first-order chi connectivity index (χ1) is 14.9. The molecule has 30 heavy (non-hydrogen) atoms. The fraction of sp³-hybridized carbons (Fsp3) is 0.286. The number of unbranched alkanes of at least 4 members (excludes halogenated alkanes) is 5. The molecule has 0 amide bonds. The van der Waals surface area contributed by atoms with Crippen LogP contribution in [0.5, 0.6) is 0 Å². The van der Waals surface area contributed by atoms with Crippen molar-refractivity contribution >= 4 is 45.8 Å². The molecule has 3 aromatic carbocycles. The van der Waals surface area contributed by atoms with Crippen molar-refractivity contribution in [3.05, 3.63) is 103 Å². The SMILES string of the molecule is ICCCCCCCC=CC[P+](c1ccccc1)(c1ccccc1)c1ccccc1. The van der Waals surface area contributed by atoms with E-state index in [1.165, 1.54) is 58.9 Å². The molecule has 0 aliphatic heterocycles. The van der Waals surface area contributed by atoms with Crippen LogP contribution in [0.1, 0.15) is 38.5 Å². The van der Waals surface area contributed by atoms with E-state index in [0.29, 0.717) is 0 Å². The third-order valence-corrected chi connectivity index (χ3v) is 10.7. The van der Waals surface area contributed by atoms with E-state index in [4.69, 9.17) is 0 Å². The molecule has 0 aromatic heterocycles. The van der Waals surface area contributed by atoms with E-state index in [2.05, 4.69) is 126 Å². The Balaban J connectivity index is 1.84. The van der Waals surface area contributed by atoms with E-state index in [0.717, 1.165) is 6.16 Å². The third kappa shape index (κ3) is 6.28. The topological polar surface area (TPSA) is 0 Å². The molecule has 0 unspecified atom stereocenters. The van der Waals surface area contributed by atoms with Crippen molar-refractivity contribution in [2.75, 3.05) is 10.6 Å². The standard InChI is InChI=1S/C28H33IP/c29-24-16-5-3-1-2-4-6-17-25-30(26-18-10-7-11-19-26,27-20-12-8-13-21-27)28-22-14-9-15-23-28/h6-15,17-23H,1-5,16,24-25H2/q+1. The van der Waals surface area contributed by atoms with Crippen LogP contribution in [0.3, 0.4) is 0 Å². The number of rotatable bonds is 12. The van der Waals surface area contributed by atoms with Crippen LogP contribution in [0, 0.1) is 0 Å². The second kappa shape index (κ2) is 13.1. The van der Waals surface area contributed by atoms with E-state index in [1.54, 1.807) is 0 Å². The Morgan fingerprint density at radius 3 is 1.43 bits per heavy atom. The van der Waals surface area contributed by atoms with Gasteiger partial charge in [-0.05, 0) is 60.1 Å². The van der Waals surface area contributed by atoms with Crippen molar-refractivity contribution in [3.63, 3.8) is 0 Å². The lowest BCUT2D eigenvalue weighted by Gasteiger charge is -2.26. The van der Waals surface area contributed by atoms with Crippen molar-refractivity contribution in [1.29, 1.82) is 0 Å². The maximum absolute atomic E-state index is 2.48. The Morgan fingerprint density at radius 2 is 0.967 bits per heavy atom. The molecule has 0 saturated heterocycles. The summed E-state index contributed by atoms with van der Waals surface area (Å²) in [5, 5.41) is 4.39. The second-order valence-electron chi connectivity index (χ2n) is 7.72. The van der Waals surface area contributed by atoms with Gasteiger partial charge in [-0.15, -0.1) is 0 Å². The van der Waals surface area contributed by atoms with E-state index in [1.807, 2.05) is 0 Å². The zero-order valence-electron chi connectivity index (χ0n) is 17.8. The van der Waals surface area contributed by atoms with Crippen LogP contribution in [-0.2, 0) is 0 Å². The smallest absolute Gasteiger partial charge is 0.0864 e. The third-order valence-electron chi connectivity index (χ3n) is 5.64. The molecule has 0 bridgehead atoms. The molecule has 0 nitrogen and oxygen atoms in total. The zero-order chi connectivity index (χ0) is 20.9. The van der Waals surface area contributed by atoms with Crippen LogP contribution < -0.4 is 15.9 Å². The number of hydrogen-bond acceptors (Lipinski definition) is 0. The van der Waals surface area contributed by atoms with Gasteiger partial charge in [0.1, 0.15) is 23.2 Å². The monoisotopic (exact) mass is 527 g/mol. The van der Waals surface area contributed by atoms with E-state index in [-0.39, 0.29) is 0 Å². The molecule has 156 valence electrons. The fourth-order valence-electron chi connectivity index (χ4n) is 4.05. The zero-order valence-corrected chi connectivity index (χ0v) is 20.8. The van der Waals surface area contributed by atoms with Gasteiger partial charge in [0.05, 0.1) is 6.16 Å². The molecule has 0 N–H and O–H groups in total. The van der Waals surface area contributed by atoms with Crippen LogP contribution in [0.25, 0.3) is 0 Å². The number of allylic oxidation sites excluding steroid dienone is 2. The van der Waals surface area contributed by atoms with Gasteiger partial charge >= 0.3 is 0 Å². The van der Waals surface area contributed by atoms with Crippen LogP contribution >= 0.6 is 29.9 Å².